The summed E-state index contributed by atoms with van der Waals surface area (Å²) in [5, 5.41) is 4.33. The van der Waals surface area contributed by atoms with Crippen LogP contribution in [0.2, 0.25) is 0 Å². The number of aromatic nitrogens is 1. The second kappa shape index (κ2) is 6.09. The van der Waals surface area contributed by atoms with E-state index in [1.807, 2.05) is 0 Å². The number of H-pyrrole nitrogens is 1. The summed E-state index contributed by atoms with van der Waals surface area (Å²) in [4.78, 5) is 25.6. The summed E-state index contributed by atoms with van der Waals surface area (Å²) in [5.74, 6) is -0.301. The molecule has 5 nitrogen and oxygen atoms in total. The number of benzene rings is 1. The second-order valence-corrected chi connectivity index (χ2v) is 5.76. The van der Waals surface area contributed by atoms with Crippen LogP contribution in [0.1, 0.15) is 19.5 Å². The van der Waals surface area contributed by atoms with E-state index in [1.54, 1.807) is 19.2 Å². The van der Waals surface area contributed by atoms with Gasteiger partial charge in [-0.1, -0.05) is 11.3 Å². The van der Waals surface area contributed by atoms with Crippen LogP contribution in [0.25, 0.3) is 0 Å². The number of carbonyl (C=O) groups is 1. The largest absolute Gasteiger partial charge is 0.478 e. The molecule has 0 bridgehead atoms. The number of nitrogens with one attached hydrogen (secondary N) is 2. The number of amides is 1. The van der Waals surface area contributed by atoms with Gasteiger partial charge in [-0.15, -0.1) is 0 Å². The molecule has 1 amide bonds. The van der Waals surface area contributed by atoms with Crippen molar-refractivity contribution in [2.24, 2.45) is 0 Å². The third kappa shape index (κ3) is 4.16. The lowest BCUT2D eigenvalue weighted by Crippen LogP contribution is -2.46. The van der Waals surface area contributed by atoms with Crippen LogP contribution in [0.4, 0.5) is 4.39 Å². The highest BCUT2D eigenvalue weighted by Crippen LogP contribution is 2.19. The van der Waals surface area contributed by atoms with Crippen molar-refractivity contribution >= 4 is 17.2 Å². The van der Waals surface area contributed by atoms with E-state index in [9.17, 15) is 14.0 Å². The molecule has 1 heterocycles. The van der Waals surface area contributed by atoms with E-state index in [0.717, 1.165) is 11.3 Å². The molecule has 0 atom stereocenters. The van der Waals surface area contributed by atoms with Crippen molar-refractivity contribution in [3.8, 4) is 5.75 Å². The van der Waals surface area contributed by atoms with Gasteiger partial charge in [0.15, 0.2) is 5.60 Å². The SMILES string of the molecule is CC(C)(Oc1ccc(F)cc1)C(=O)NCc1csc(=O)[nH]1. The van der Waals surface area contributed by atoms with E-state index in [1.165, 1.54) is 24.3 Å². The molecule has 1 aromatic heterocycles. The van der Waals surface area contributed by atoms with Crippen molar-refractivity contribution in [2.75, 3.05) is 0 Å². The predicted octanol–water partition coefficient (Wildman–Crippen LogP) is 2.05. The van der Waals surface area contributed by atoms with Gasteiger partial charge in [-0.3, -0.25) is 9.59 Å². The Labute approximate surface area is 124 Å². The van der Waals surface area contributed by atoms with Gasteiger partial charge in [-0.05, 0) is 38.1 Å². The van der Waals surface area contributed by atoms with E-state index in [4.69, 9.17) is 4.74 Å². The molecule has 0 spiro atoms. The zero-order valence-electron chi connectivity index (χ0n) is 11.6. The van der Waals surface area contributed by atoms with Crippen LogP contribution in [0, 0.1) is 5.82 Å². The molecule has 2 N–H and O–H groups in total. The summed E-state index contributed by atoms with van der Waals surface area (Å²) in [6, 6.07) is 5.44. The molecule has 0 fully saturated rings. The van der Waals surface area contributed by atoms with Gasteiger partial charge >= 0.3 is 4.87 Å². The van der Waals surface area contributed by atoms with E-state index >= 15 is 0 Å². The van der Waals surface area contributed by atoms with Crippen molar-refractivity contribution in [3.05, 3.63) is 50.8 Å². The Kier molecular flexibility index (Phi) is 4.42. The van der Waals surface area contributed by atoms with Gasteiger partial charge in [0.2, 0.25) is 0 Å². The molecule has 7 heteroatoms. The first-order valence-electron chi connectivity index (χ1n) is 6.26. The molecule has 2 rings (SSSR count). The molecule has 0 unspecified atom stereocenters. The summed E-state index contributed by atoms with van der Waals surface area (Å²) in [6.07, 6.45) is 0. The topological polar surface area (TPSA) is 71.2 Å². The summed E-state index contributed by atoms with van der Waals surface area (Å²) in [7, 11) is 0. The van der Waals surface area contributed by atoms with Crippen molar-refractivity contribution in [3.63, 3.8) is 0 Å². The number of ether oxygens (including phenoxy) is 1. The van der Waals surface area contributed by atoms with Crippen LogP contribution < -0.4 is 14.9 Å². The molecule has 0 aliphatic rings. The number of rotatable bonds is 5. The Balaban J connectivity index is 1.96. The van der Waals surface area contributed by atoms with Crippen LogP contribution in [0.5, 0.6) is 5.75 Å². The average molecular weight is 310 g/mol. The maximum Gasteiger partial charge on any atom is 0.304 e. The Morgan fingerprint density at radius 1 is 1.38 bits per heavy atom. The number of carbonyl (C=O) groups excluding carboxylic acids is 1. The van der Waals surface area contributed by atoms with Gasteiger partial charge in [0.05, 0.1) is 6.54 Å². The van der Waals surface area contributed by atoms with Crippen molar-refractivity contribution < 1.29 is 13.9 Å². The summed E-state index contributed by atoms with van der Waals surface area (Å²) >= 11 is 1.04. The van der Waals surface area contributed by atoms with Crippen molar-refractivity contribution in [1.82, 2.24) is 10.3 Å². The lowest BCUT2D eigenvalue weighted by Gasteiger charge is -2.25. The highest BCUT2D eigenvalue weighted by Gasteiger charge is 2.29. The van der Waals surface area contributed by atoms with Crippen LogP contribution in [-0.4, -0.2) is 16.5 Å². The fourth-order valence-electron chi connectivity index (χ4n) is 1.63. The highest BCUT2D eigenvalue weighted by molar-refractivity contribution is 7.07. The third-order valence-corrected chi connectivity index (χ3v) is 3.46. The molecule has 0 aliphatic carbocycles. The molecule has 2 aromatic rings. The standard InChI is InChI=1S/C14H15FN2O3S/c1-14(2,20-11-5-3-9(15)4-6-11)12(18)16-7-10-8-21-13(19)17-10/h3-6,8H,7H2,1-2H3,(H,16,18)(H,17,19). The second-order valence-electron chi connectivity index (χ2n) is 4.92. The maximum absolute atomic E-state index is 12.8. The Hall–Kier alpha value is -2.15. The number of thiazole rings is 1. The molecular formula is C14H15FN2O3S. The quantitative estimate of drug-likeness (QED) is 0.888. The van der Waals surface area contributed by atoms with E-state index in [0.29, 0.717) is 11.4 Å². The van der Waals surface area contributed by atoms with Gasteiger partial charge in [0, 0.05) is 11.1 Å². The summed E-state index contributed by atoms with van der Waals surface area (Å²) in [6.45, 7) is 3.44. The van der Waals surface area contributed by atoms with Gasteiger partial charge in [-0.2, -0.15) is 0 Å². The molecule has 0 saturated heterocycles. The van der Waals surface area contributed by atoms with E-state index in [-0.39, 0.29) is 23.1 Å². The van der Waals surface area contributed by atoms with Gasteiger partial charge in [0.1, 0.15) is 11.6 Å². The number of halogens is 1. The summed E-state index contributed by atoms with van der Waals surface area (Å²) < 4.78 is 18.4. The Bertz CT molecular complexity index is 676. The molecule has 0 radical (unpaired) electrons. The fraction of sp³-hybridized carbons (Fsp3) is 0.286. The van der Waals surface area contributed by atoms with Crippen LogP contribution in [0.15, 0.2) is 34.4 Å². The number of hydrogen-bond donors (Lipinski definition) is 2. The highest BCUT2D eigenvalue weighted by atomic mass is 32.1. The molecule has 112 valence electrons. The molecular weight excluding hydrogens is 295 g/mol. The van der Waals surface area contributed by atoms with E-state index in [2.05, 4.69) is 10.3 Å². The zero-order valence-corrected chi connectivity index (χ0v) is 12.4. The van der Waals surface area contributed by atoms with Crippen LogP contribution in [-0.2, 0) is 11.3 Å². The number of aromatic amines is 1. The number of hydrogen-bond acceptors (Lipinski definition) is 4. The molecule has 0 saturated carbocycles. The van der Waals surface area contributed by atoms with Crippen molar-refractivity contribution in [1.29, 1.82) is 0 Å². The van der Waals surface area contributed by atoms with Gasteiger partial charge in [-0.25, -0.2) is 4.39 Å². The first-order chi connectivity index (χ1) is 9.87. The average Bonchev–Trinajstić information content (AvgIpc) is 2.84. The molecule has 0 aliphatic heterocycles. The lowest BCUT2D eigenvalue weighted by molar-refractivity contribution is -0.134. The zero-order chi connectivity index (χ0) is 15.5. The lowest BCUT2D eigenvalue weighted by atomic mass is 10.1. The first-order valence-corrected chi connectivity index (χ1v) is 7.14. The molecule has 1 aromatic carbocycles. The Morgan fingerprint density at radius 2 is 2.05 bits per heavy atom. The van der Waals surface area contributed by atoms with Crippen LogP contribution in [0.3, 0.4) is 0 Å². The van der Waals surface area contributed by atoms with Gasteiger partial charge in [0.25, 0.3) is 5.91 Å². The maximum atomic E-state index is 12.8. The fourth-order valence-corrected chi connectivity index (χ4v) is 2.21. The van der Waals surface area contributed by atoms with Crippen molar-refractivity contribution in [2.45, 2.75) is 26.0 Å². The molecule has 21 heavy (non-hydrogen) atoms. The first kappa shape index (κ1) is 15.2. The van der Waals surface area contributed by atoms with E-state index < -0.39 is 5.60 Å². The minimum absolute atomic E-state index is 0.166. The minimum Gasteiger partial charge on any atom is -0.478 e. The minimum atomic E-state index is -1.12. The van der Waals surface area contributed by atoms with Crippen LogP contribution >= 0.6 is 11.3 Å². The normalized spacial score (nSPS) is 11.2. The predicted molar refractivity (Wildman–Crippen MR) is 77.9 cm³/mol. The van der Waals surface area contributed by atoms with Gasteiger partial charge < -0.3 is 15.0 Å². The Morgan fingerprint density at radius 3 is 2.62 bits per heavy atom. The summed E-state index contributed by atoms with van der Waals surface area (Å²) in [5.41, 5.74) is -0.482. The monoisotopic (exact) mass is 310 g/mol. The third-order valence-electron chi connectivity index (χ3n) is 2.74. The smallest absolute Gasteiger partial charge is 0.304 e.